The molecule has 20 heavy (non-hydrogen) atoms. The van der Waals surface area contributed by atoms with E-state index in [1.807, 2.05) is 11.3 Å². The van der Waals surface area contributed by atoms with Gasteiger partial charge in [-0.25, -0.2) is 0 Å². The second-order valence-corrected chi connectivity index (χ2v) is 6.49. The van der Waals surface area contributed by atoms with Crippen molar-refractivity contribution in [3.05, 3.63) is 56.8 Å². The molecule has 0 radical (unpaired) electrons. The molecule has 1 aromatic heterocycles. The lowest BCUT2D eigenvalue weighted by atomic mass is 9.74. The number of thiophene rings is 1. The third-order valence-corrected chi connectivity index (χ3v) is 5.72. The first-order valence-corrected chi connectivity index (χ1v) is 8.04. The highest BCUT2D eigenvalue weighted by atomic mass is 79.9. The van der Waals surface area contributed by atoms with E-state index in [0.717, 1.165) is 12.8 Å². The maximum atomic E-state index is 2.39. The SMILES string of the molecule is CCC(CC)(c1ccc(C)c(C)c1)c1cc(C)cs1.[Br-]. The fourth-order valence-electron chi connectivity index (χ4n) is 2.87. The molecular weight excluding hydrogens is 328 g/mol. The van der Waals surface area contributed by atoms with Crippen molar-refractivity contribution in [3.8, 4) is 0 Å². The van der Waals surface area contributed by atoms with Gasteiger partial charge in [0, 0.05) is 10.3 Å². The van der Waals surface area contributed by atoms with Gasteiger partial charge in [-0.1, -0.05) is 32.0 Å². The van der Waals surface area contributed by atoms with Crippen molar-refractivity contribution in [1.29, 1.82) is 0 Å². The van der Waals surface area contributed by atoms with Crippen molar-refractivity contribution in [2.24, 2.45) is 0 Å². The standard InChI is InChI=1S/C18H24S.BrH/c1-6-18(7-2,17-10-13(3)12-19-17)16-9-8-14(4)15(5)11-16;/h8-12H,6-7H2,1-5H3;1H/p-1. The first kappa shape index (κ1) is 17.5. The van der Waals surface area contributed by atoms with E-state index < -0.39 is 0 Å². The molecule has 0 fully saturated rings. The average molecular weight is 352 g/mol. The third kappa shape index (κ3) is 3.01. The van der Waals surface area contributed by atoms with E-state index in [9.17, 15) is 0 Å². The second-order valence-electron chi connectivity index (χ2n) is 5.58. The van der Waals surface area contributed by atoms with Crippen LogP contribution in [-0.4, -0.2) is 0 Å². The van der Waals surface area contributed by atoms with Crippen LogP contribution in [0.25, 0.3) is 0 Å². The van der Waals surface area contributed by atoms with Crippen molar-refractivity contribution < 1.29 is 17.0 Å². The van der Waals surface area contributed by atoms with Crippen LogP contribution in [0, 0.1) is 20.8 Å². The molecule has 2 rings (SSSR count). The summed E-state index contributed by atoms with van der Waals surface area (Å²) in [6.07, 6.45) is 2.32. The lowest BCUT2D eigenvalue weighted by Gasteiger charge is -2.32. The van der Waals surface area contributed by atoms with E-state index >= 15 is 0 Å². The number of halogens is 1. The fraction of sp³-hybridized carbons (Fsp3) is 0.444. The highest BCUT2D eigenvalue weighted by Crippen LogP contribution is 2.42. The van der Waals surface area contributed by atoms with Crippen LogP contribution < -0.4 is 17.0 Å². The molecule has 1 heterocycles. The van der Waals surface area contributed by atoms with Gasteiger partial charge < -0.3 is 17.0 Å². The largest absolute Gasteiger partial charge is 1.00 e. The molecule has 0 atom stereocenters. The minimum atomic E-state index is 0. The second kappa shape index (κ2) is 6.91. The van der Waals surface area contributed by atoms with Crippen LogP contribution in [0.3, 0.4) is 0 Å². The zero-order valence-corrected chi connectivity index (χ0v) is 15.5. The molecule has 0 saturated heterocycles. The molecule has 0 aliphatic carbocycles. The number of aryl methyl sites for hydroxylation is 3. The zero-order chi connectivity index (χ0) is 14.0. The van der Waals surface area contributed by atoms with Gasteiger partial charge in [0.2, 0.25) is 0 Å². The molecule has 0 aliphatic rings. The summed E-state index contributed by atoms with van der Waals surface area (Å²) < 4.78 is 0. The Balaban J connectivity index is 0.00000200. The Morgan fingerprint density at radius 2 is 1.60 bits per heavy atom. The predicted molar refractivity (Wildman–Crippen MR) is 86.3 cm³/mol. The number of hydrogen-bond donors (Lipinski definition) is 0. The Morgan fingerprint density at radius 3 is 2.05 bits per heavy atom. The number of benzene rings is 1. The van der Waals surface area contributed by atoms with E-state index in [1.165, 1.54) is 27.1 Å². The van der Waals surface area contributed by atoms with Gasteiger partial charge in [0.1, 0.15) is 0 Å². The van der Waals surface area contributed by atoms with E-state index in [2.05, 4.69) is 64.3 Å². The van der Waals surface area contributed by atoms with Crippen LogP contribution >= 0.6 is 11.3 Å². The van der Waals surface area contributed by atoms with Crippen molar-refractivity contribution in [2.75, 3.05) is 0 Å². The van der Waals surface area contributed by atoms with E-state index in [4.69, 9.17) is 0 Å². The van der Waals surface area contributed by atoms with Gasteiger partial charge in [-0.15, -0.1) is 11.3 Å². The van der Waals surface area contributed by atoms with Crippen LogP contribution in [0.15, 0.2) is 29.6 Å². The quantitative estimate of drug-likeness (QED) is 0.794. The Morgan fingerprint density at radius 1 is 0.950 bits per heavy atom. The lowest BCUT2D eigenvalue weighted by molar-refractivity contribution is -0.00000414. The van der Waals surface area contributed by atoms with Crippen LogP contribution in [0.1, 0.15) is 53.8 Å². The molecule has 2 aromatic rings. The molecule has 110 valence electrons. The van der Waals surface area contributed by atoms with Crippen LogP contribution in [0.2, 0.25) is 0 Å². The van der Waals surface area contributed by atoms with Gasteiger partial charge in [-0.05, 0) is 67.3 Å². The number of rotatable bonds is 4. The molecule has 0 unspecified atom stereocenters. The minimum Gasteiger partial charge on any atom is -1.00 e. The Labute approximate surface area is 138 Å². The summed E-state index contributed by atoms with van der Waals surface area (Å²) in [5.74, 6) is 0. The van der Waals surface area contributed by atoms with Crippen molar-refractivity contribution in [3.63, 3.8) is 0 Å². The Kier molecular flexibility index (Phi) is 6.03. The van der Waals surface area contributed by atoms with Gasteiger partial charge in [-0.3, -0.25) is 0 Å². The Bertz CT molecular complexity index is 565. The first-order chi connectivity index (χ1) is 9.03. The third-order valence-electron chi connectivity index (χ3n) is 4.47. The minimum absolute atomic E-state index is 0. The summed E-state index contributed by atoms with van der Waals surface area (Å²) in [4.78, 5) is 1.51. The normalized spacial score (nSPS) is 11.2. The molecule has 2 heteroatoms. The fourth-order valence-corrected chi connectivity index (χ4v) is 4.14. The summed E-state index contributed by atoms with van der Waals surface area (Å²) in [5, 5.41) is 2.27. The van der Waals surface area contributed by atoms with Gasteiger partial charge in [0.15, 0.2) is 0 Å². The van der Waals surface area contributed by atoms with Crippen molar-refractivity contribution in [2.45, 2.75) is 52.9 Å². The molecule has 0 bridgehead atoms. The molecule has 0 spiro atoms. The summed E-state index contributed by atoms with van der Waals surface area (Å²) in [6, 6.07) is 9.35. The number of hydrogen-bond acceptors (Lipinski definition) is 1. The molecule has 0 aliphatic heterocycles. The maximum Gasteiger partial charge on any atom is 0.0291 e. The van der Waals surface area contributed by atoms with Gasteiger partial charge in [0.25, 0.3) is 0 Å². The van der Waals surface area contributed by atoms with E-state index in [1.54, 1.807) is 0 Å². The highest BCUT2D eigenvalue weighted by Gasteiger charge is 2.32. The van der Waals surface area contributed by atoms with Crippen LogP contribution in [0.5, 0.6) is 0 Å². The van der Waals surface area contributed by atoms with Crippen molar-refractivity contribution in [1.82, 2.24) is 0 Å². The molecular formula is C18H24BrS-. The highest BCUT2D eigenvalue weighted by molar-refractivity contribution is 7.10. The Hall–Kier alpha value is -0.600. The monoisotopic (exact) mass is 351 g/mol. The van der Waals surface area contributed by atoms with Gasteiger partial charge >= 0.3 is 0 Å². The summed E-state index contributed by atoms with van der Waals surface area (Å²) >= 11 is 1.91. The molecule has 0 saturated carbocycles. The summed E-state index contributed by atoms with van der Waals surface area (Å²) in [5.41, 5.74) is 5.83. The van der Waals surface area contributed by atoms with E-state index in [0.29, 0.717) is 0 Å². The van der Waals surface area contributed by atoms with Gasteiger partial charge in [-0.2, -0.15) is 0 Å². The molecule has 0 N–H and O–H groups in total. The van der Waals surface area contributed by atoms with E-state index in [-0.39, 0.29) is 22.4 Å². The summed E-state index contributed by atoms with van der Waals surface area (Å²) in [6.45, 7) is 11.2. The smallest absolute Gasteiger partial charge is 0.0291 e. The topological polar surface area (TPSA) is 0 Å². The average Bonchev–Trinajstić information content (AvgIpc) is 2.83. The lowest BCUT2D eigenvalue weighted by Crippen LogP contribution is -3.00. The molecule has 0 nitrogen and oxygen atoms in total. The predicted octanol–water partition coefficient (Wildman–Crippen LogP) is 2.78. The van der Waals surface area contributed by atoms with Crippen LogP contribution in [-0.2, 0) is 5.41 Å². The first-order valence-electron chi connectivity index (χ1n) is 7.17. The molecule has 0 amide bonds. The van der Waals surface area contributed by atoms with Crippen LogP contribution in [0.4, 0.5) is 0 Å². The maximum absolute atomic E-state index is 2.39. The zero-order valence-electron chi connectivity index (χ0n) is 13.1. The molecule has 1 aromatic carbocycles. The van der Waals surface area contributed by atoms with Gasteiger partial charge in [0.05, 0.1) is 0 Å². The summed E-state index contributed by atoms with van der Waals surface area (Å²) in [7, 11) is 0. The van der Waals surface area contributed by atoms with Crippen molar-refractivity contribution >= 4 is 11.3 Å².